The van der Waals surface area contributed by atoms with Gasteiger partial charge in [-0.1, -0.05) is 77.9 Å². The first kappa shape index (κ1) is 43.7. The Kier molecular flexibility index (Phi) is 15.3. The number of carbonyl (C=O) groups is 3. The van der Waals surface area contributed by atoms with Gasteiger partial charge in [0.05, 0.1) is 11.2 Å². The molecule has 0 aliphatic carbocycles. The molecule has 2 saturated heterocycles. The predicted octanol–water partition coefficient (Wildman–Crippen LogP) is 7.79. The SMILES string of the molecule is CC.CC.Cc1cc(-c2ncnn3cc(CCCCN4CCC(c5ccc(NC6CCC(=O)NC6=O)cc5)CC4)cc23)ccc1CNC(=O)c1noc(C(C)(C)C)n1. The Labute approximate surface area is 342 Å². The lowest BCUT2D eigenvalue weighted by Gasteiger charge is -2.32. The Morgan fingerprint density at radius 2 is 1.71 bits per heavy atom. The predicted molar refractivity (Wildman–Crippen MR) is 228 cm³/mol. The third-order valence-corrected chi connectivity index (χ3v) is 10.5. The van der Waals surface area contributed by atoms with E-state index in [0.29, 0.717) is 31.2 Å². The average molecular weight is 792 g/mol. The number of hydrogen-bond donors (Lipinski definition) is 3. The van der Waals surface area contributed by atoms with Crippen LogP contribution in [-0.2, 0) is 28.0 Å². The van der Waals surface area contributed by atoms with E-state index in [4.69, 9.17) is 4.52 Å². The summed E-state index contributed by atoms with van der Waals surface area (Å²) in [6.07, 6.45) is 10.1. The van der Waals surface area contributed by atoms with Crippen LogP contribution >= 0.6 is 0 Å². The van der Waals surface area contributed by atoms with E-state index in [9.17, 15) is 14.4 Å². The van der Waals surface area contributed by atoms with Gasteiger partial charge in [-0.15, -0.1) is 0 Å². The van der Waals surface area contributed by atoms with Gasteiger partial charge in [-0.05, 0) is 118 Å². The first-order valence-electron chi connectivity index (χ1n) is 21.0. The van der Waals surface area contributed by atoms with Gasteiger partial charge in [0, 0.05) is 35.8 Å². The van der Waals surface area contributed by atoms with Gasteiger partial charge in [0.1, 0.15) is 12.4 Å². The summed E-state index contributed by atoms with van der Waals surface area (Å²) in [4.78, 5) is 47.7. The van der Waals surface area contributed by atoms with E-state index in [1.54, 1.807) is 6.33 Å². The molecule has 2 aliphatic rings. The van der Waals surface area contributed by atoms with Crippen LogP contribution in [0.2, 0.25) is 0 Å². The third-order valence-electron chi connectivity index (χ3n) is 10.5. The molecule has 58 heavy (non-hydrogen) atoms. The maximum absolute atomic E-state index is 12.7. The molecule has 2 fully saturated rings. The molecule has 3 aromatic heterocycles. The molecule has 0 radical (unpaired) electrons. The van der Waals surface area contributed by atoms with Crippen molar-refractivity contribution in [3.63, 3.8) is 0 Å². The second kappa shape index (κ2) is 20.3. The number of anilines is 1. The van der Waals surface area contributed by atoms with E-state index in [-0.39, 0.29) is 35.0 Å². The molecule has 7 rings (SSSR count). The Balaban J connectivity index is 0.00000155. The first-order chi connectivity index (χ1) is 28.0. The molecule has 0 spiro atoms. The fraction of sp³-hybridized carbons (Fsp3) is 0.489. The summed E-state index contributed by atoms with van der Waals surface area (Å²) < 4.78 is 7.18. The van der Waals surface area contributed by atoms with Crippen molar-refractivity contribution in [2.45, 2.75) is 124 Å². The van der Waals surface area contributed by atoms with Crippen LogP contribution in [0, 0.1) is 6.92 Å². The lowest BCUT2D eigenvalue weighted by atomic mass is 9.89. The molecule has 5 heterocycles. The molecule has 3 N–H and O–H groups in total. The molecule has 5 aromatic rings. The quantitative estimate of drug-likeness (QED) is 0.0841. The van der Waals surface area contributed by atoms with Gasteiger partial charge in [-0.2, -0.15) is 10.1 Å². The molecule has 310 valence electrons. The normalized spacial score (nSPS) is 16.2. The minimum Gasteiger partial charge on any atom is -0.374 e. The van der Waals surface area contributed by atoms with Gasteiger partial charge >= 0.3 is 0 Å². The van der Waals surface area contributed by atoms with Gasteiger partial charge in [0.15, 0.2) is 0 Å². The number of likely N-dealkylation sites (tertiary alicyclic amines) is 1. The maximum Gasteiger partial charge on any atom is 0.292 e. The van der Waals surface area contributed by atoms with Crippen LogP contribution in [0.15, 0.2) is 65.6 Å². The smallest absolute Gasteiger partial charge is 0.292 e. The van der Waals surface area contributed by atoms with E-state index in [1.807, 2.05) is 72.0 Å². The number of hydrogen-bond acceptors (Lipinski definition) is 10. The zero-order chi connectivity index (χ0) is 41.8. The number of carbonyl (C=O) groups excluding carboxylic acids is 3. The summed E-state index contributed by atoms with van der Waals surface area (Å²) in [6, 6.07) is 16.4. The Morgan fingerprint density at radius 1 is 0.966 bits per heavy atom. The number of nitrogens with zero attached hydrogens (tertiary/aromatic N) is 6. The standard InChI is InChI=1S/C41H49N9O4.2C2H6/c1-26-21-30(8-9-31(26)23-42-39(53)37-47-40(54-48-37)41(2,3)4)36-34-22-27(24-50(34)44-25-43-36)7-5-6-18-49-19-16-29(17-20-49)28-10-12-32(13-11-28)45-33-14-15-35(51)46-38(33)52;2*1-2/h8-13,21-22,24-25,29,33,45H,5-7,14-20,23H2,1-4H3,(H,42,53)(H,46,51,52);2*1-2H3. The summed E-state index contributed by atoms with van der Waals surface area (Å²) in [6.45, 7) is 19.5. The van der Waals surface area contributed by atoms with Crippen molar-refractivity contribution in [1.82, 2.24) is 40.3 Å². The fourth-order valence-electron chi connectivity index (χ4n) is 7.30. The van der Waals surface area contributed by atoms with Crippen LogP contribution in [0.1, 0.15) is 132 Å². The fourth-order valence-corrected chi connectivity index (χ4v) is 7.30. The number of rotatable bonds is 12. The van der Waals surface area contributed by atoms with E-state index in [0.717, 1.165) is 85.3 Å². The molecular weight excluding hydrogens is 731 g/mol. The molecule has 1 unspecified atom stereocenters. The summed E-state index contributed by atoms with van der Waals surface area (Å²) in [5.74, 6) is 0.180. The number of fused-ring (bicyclic) bond motifs is 1. The Morgan fingerprint density at radius 3 is 2.38 bits per heavy atom. The van der Waals surface area contributed by atoms with E-state index < -0.39 is 0 Å². The van der Waals surface area contributed by atoms with Crippen molar-refractivity contribution in [3.05, 3.63) is 95.0 Å². The van der Waals surface area contributed by atoms with Crippen LogP contribution < -0.4 is 16.0 Å². The highest BCUT2D eigenvalue weighted by atomic mass is 16.5. The average Bonchev–Trinajstić information content (AvgIpc) is 3.91. The van der Waals surface area contributed by atoms with E-state index in [2.05, 4.69) is 83.7 Å². The largest absolute Gasteiger partial charge is 0.374 e. The maximum atomic E-state index is 12.7. The van der Waals surface area contributed by atoms with Gasteiger partial charge < -0.3 is 20.1 Å². The molecule has 2 aliphatic heterocycles. The van der Waals surface area contributed by atoms with Crippen molar-refractivity contribution in [2.24, 2.45) is 0 Å². The number of imide groups is 1. The minimum atomic E-state index is -0.372. The van der Waals surface area contributed by atoms with Gasteiger partial charge in [-0.3, -0.25) is 19.7 Å². The third kappa shape index (κ3) is 11.1. The van der Waals surface area contributed by atoms with Crippen LogP contribution in [0.3, 0.4) is 0 Å². The van der Waals surface area contributed by atoms with Crippen LogP contribution in [-0.4, -0.2) is 73.0 Å². The second-order valence-corrected chi connectivity index (χ2v) is 15.6. The molecular formula is C45H61N9O4. The molecule has 13 nitrogen and oxygen atoms in total. The van der Waals surface area contributed by atoms with Gasteiger partial charge in [0.2, 0.25) is 17.7 Å². The number of piperidine rings is 2. The highest BCUT2D eigenvalue weighted by Gasteiger charge is 2.27. The number of aromatic nitrogens is 5. The highest BCUT2D eigenvalue weighted by molar-refractivity contribution is 6.01. The second-order valence-electron chi connectivity index (χ2n) is 15.6. The lowest BCUT2D eigenvalue weighted by molar-refractivity contribution is -0.133. The van der Waals surface area contributed by atoms with Gasteiger partial charge in [-0.25, -0.2) is 9.50 Å². The zero-order valence-corrected chi connectivity index (χ0v) is 35.5. The molecule has 0 saturated carbocycles. The van der Waals surface area contributed by atoms with E-state index >= 15 is 0 Å². The monoisotopic (exact) mass is 791 g/mol. The molecule has 1 atom stereocenters. The van der Waals surface area contributed by atoms with Crippen LogP contribution in [0.5, 0.6) is 0 Å². The van der Waals surface area contributed by atoms with Crippen molar-refractivity contribution in [1.29, 1.82) is 0 Å². The zero-order valence-electron chi connectivity index (χ0n) is 35.5. The number of amides is 3. The van der Waals surface area contributed by atoms with Crippen LogP contribution in [0.4, 0.5) is 5.69 Å². The number of nitrogens with one attached hydrogen (secondary N) is 3. The van der Waals surface area contributed by atoms with Crippen molar-refractivity contribution < 1.29 is 18.9 Å². The van der Waals surface area contributed by atoms with E-state index in [1.165, 1.54) is 11.1 Å². The molecule has 13 heteroatoms. The van der Waals surface area contributed by atoms with Crippen molar-refractivity contribution in [2.75, 3.05) is 25.0 Å². The topological polar surface area (TPSA) is 160 Å². The summed E-state index contributed by atoms with van der Waals surface area (Å²) in [5.41, 5.74) is 8.05. The molecule has 3 amide bonds. The molecule has 2 aromatic carbocycles. The van der Waals surface area contributed by atoms with Crippen molar-refractivity contribution in [3.8, 4) is 11.3 Å². The summed E-state index contributed by atoms with van der Waals surface area (Å²) >= 11 is 0. The highest BCUT2D eigenvalue weighted by Crippen LogP contribution is 2.30. The Bertz CT molecular complexity index is 2130. The first-order valence-corrected chi connectivity index (χ1v) is 21.0. The summed E-state index contributed by atoms with van der Waals surface area (Å²) in [7, 11) is 0. The Hall–Kier alpha value is -5.43. The van der Waals surface area contributed by atoms with Gasteiger partial charge in [0.25, 0.3) is 11.7 Å². The number of unbranched alkanes of at least 4 members (excludes halogenated alkanes) is 1. The number of benzene rings is 2. The number of aryl methyl sites for hydroxylation is 2. The molecule has 0 bridgehead atoms. The van der Waals surface area contributed by atoms with Crippen LogP contribution in [0.25, 0.3) is 16.8 Å². The minimum absolute atomic E-state index is 0.0328. The lowest BCUT2D eigenvalue weighted by Crippen LogP contribution is -2.47. The van der Waals surface area contributed by atoms with Crippen molar-refractivity contribution >= 4 is 28.9 Å². The summed E-state index contributed by atoms with van der Waals surface area (Å²) in [5, 5.41) is 16.9.